The van der Waals surface area contributed by atoms with Gasteiger partial charge in [-0.25, -0.2) is 18.9 Å². The fourth-order valence-electron chi connectivity index (χ4n) is 1.72. The number of anilines is 1. The van der Waals surface area contributed by atoms with Crippen molar-refractivity contribution in [2.45, 2.75) is 6.54 Å². The van der Waals surface area contributed by atoms with Gasteiger partial charge in [0.25, 0.3) is 0 Å². The summed E-state index contributed by atoms with van der Waals surface area (Å²) in [4.78, 5) is 20.0. The van der Waals surface area contributed by atoms with E-state index in [0.29, 0.717) is 17.2 Å². The fourth-order valence-corrected chi connectivity index (χ4v) is 1.72. The van der Waals surface area contributed by atoms with E-state index < -0.39 is 0 Å². The summed E-state index contributed by atoms with van der Waals surface area (Å²) in [7, 11) is 0. The van der Waals surface area contributed by atoms with Crippen molar-refractivity contribution in [3.8, 4) is 0 Å². The molecule has 0 atom stereocenters. The number of nitrogens with zero attached hydrogens (tertiary/aromatic N) is 5. The van der Waals surface area contributed by atoms with Crippen LogP contribution in [0.3, 0.4) is 0 Å². The number of hydrogen-bond acceptors (Lipinski definition) is 5. The van der Waals surface area contributed by atoms with Crippen molar-refractivity contribution < 1.29 is 0 Å². The molecule has 0 fully saturated rings. The average Bonchev–Trinajstić information content (AvgIpc) is 2.67. The zero-order valence-electron chi connectivity index (χ0n) is 9.39. The lowest BCUT2D eigenvalue weighted by molar-refractivity contribution is 0.647. The van der Waals surface area contributed by atoms with Crippen molar-refractivity contribution in [2.24, 2.45) is 0 Å². The molecule has 0 aliphatic carbocycles. The van der Waals surface area contributed by atoms with Crippen LogP contribution in [0.4, 0.5) is 5.82 Å². The zero-order valence-corrected chi connectivity index (χ0v) is 9.39. The molecule has 7 nitrogen and oxygen atoms in total. The number of hydrogen-bond donors (Lipinski definition) is 1. The highest BCUT2D eigenvalue weighted by Gasteiger charge is 2.07. The maximum atomic E-state index is 12.0. The van der Waals surface area contributed by atoms with Crippen LogP contribution < -0.4 is 11.4 Å². The molecular weight excluding hydrogens is 232 g/mol. The fraction of sp³-hybridized carbons (Fsp3) is 0.0909. The van der Waals surface area contributed by atoms with Crippen LogP contribution in [0.5, 0.6) is 0 Å². The van der Waals surface area contributed by atoms with Crippen molar-refractivity contribution in [1.82, 2.24) is 24.1 Å². The van der Waals surface area contributed by atoms with Gasteiger partial charge in [-0.3, -0.25) is 4.98 Å². The second-order valence-electron chi connectivity index (χ2n) is 3.80. The molecule has 0 aromatic carbocycles. The third-order valence-corrected chi connectivity index (χ3v) is 2.53. The third kappa shape index (κ3) is 1.71. The topological polar surface area (TPSA) is 91.1 Å². The summed E-state index contributed by atoms with van der Waals surface area (Å²) in [5.74, 6) is 0.422. The van der Waals surface area contributed by atoms with Gasteiger partial charge in [0.1, 0.15) is 5.82 Å². The maximum Gasteiger partial charge on any atom is 0.350 e. The van der Waals surface area contributed by atoms with Gasteiger partial charge in [0, 0.05) is 12.4 Å². The normalized spacial score (nSPS) is 10.9. The quantitative estimate of drug-likeness (QED) is 0.678. The lowest BCUT2D eigenvalue weighted by atomic mass is 10.3. The SMILES string of the molecule is Nc1cccc(Cn2nc3cnccn3c2=O)n1. The van der Waals surface area contributed by atoms with E-state index >= 15 is 0 Å². The molecule has 0 aliphatic rings. The Bertz CT molecular complexity index is 759. The minimum absolute atomic E-state index is 0.225. The van der Waals surface area contributed by atoms with Gasteiger partial charge >= 0.3 is 5.69 Å². The minimum Gasteiger partial charge on any atom is -0.384 e. The van der Waals surface area contributed by atoms with Crippen LogP contribution >= 0.6 is 0 Å². The Labute approximate surface area is 102 Å². The van der Waals surface area contributed by atoms with Gasteiger partial charge in [0.15, 0.2) is 5.65 Å². The average molecular weight is 242 g/mol. The minimum atomic E-state index is -0.225. The molecule has 3 heterocycles. The molecule has 0 bridgehead atoms. The lowest BCUT2D eigenvalue weighted by Gasteiger charge is -1.99. The third-order valence-electron chi connectivity index (χ3n) is 2.53. The van der Waals surface area contributed by atoms with Crippen molar-refractivity contribution in [3.63, 3.8) is 0 Å². The smallest absolute Gasteiger partial charge is 0.350 e. The Morgan fingerprint density at radius 2 is 2.22 bits per heavy atom. The van der Waals surface area contributed by atoms with E-state index in [4.69, 9.17) is 5.73 Å². The molecule has 0 saturated carbocycles. The predicted octanol–water partition coefficient (Wildman–Crippen LogP) is -0.0835. The van der Waals surface area contributed by atoms with E-state index in [-0.39, 0.29) is 12.2 Å². The van der Waals surface area contributed by atoms with E-state index in [9.17, 15) is 4.79 Å². The predicted molar refractivity (Wildman–Crippen MR) is 65.0 cm³/mol. The first-order valence-electron chi connectivity index (χ1n) is 5.34. The van der Waals surface area contributed by atoms with Crippen LogP contribution in [0.15, 0.2) is 41.6 Å². The lowest BCUT2D eigenvalue weighted by Crippen LogP contribution is -2.22. The monoisotopic (exact) mass is 242 g/mol. The van der Waals surface area contributed by atoms with Gasteiger partial charge < -0.3 is 5.73 Å². The molecular formula is C11H10N6O. The molecule has 18 heavy (non-hydrogen) atoms. The highest BCUT2D eigenvalue weighted by molar-refractivity contribution is 5.32. The molecule has 0 aliphatic heterocycles. The molecule has 2 N–H and O–H groups in total. The van der Waals surface area contributed by atoms with E-state index in [2.05, 4.69) is 15.1 Å². The Kier molecular flexibility index (Phi) is 2.30. The van der Waals surface area contributed by atoms with E-state index in [1.807, 2.05) is 0 Å². The van der Waals surface area contributed by atoms with E-state index in [1.165, 1.54) is 15.3 Å². The summed E-state index contributed by atoms with van der Waals surface area (Å²) < 4.78 is 2.76. The van der Waals surface area contributed by atoms with Crippen molar-refractivity contribution in [1.29, 1.82) is 0 Å². The molecule has 0 amide bonds. The Balaban J connectivity index is 2.05. The Hall–Kier alpha value is -2.70. The maximum absolute atomic E-state index is 12.0. The largest absolute Gasteiger partial charge is 0.384 e. The first kappa shape index (κ1) is 10.5. The standard InChI is InChI=1S/C11H10N6O/c12-9-3-1-2-8(14-9)7-17-11(18)16-5-4-13-6-10(16)15-17/h1-6H,7H2,(H2,12,14). The van der Waals surface area contributed by atoms with Crippen LogP contribution in [0.1, 0.15) is 5.69 Å². The summed E-state index contributed by atoms with van der Waals surface area (Å²) in [6.45, 7) is 0.283. The van der Waals surface area contributed by atoms with Gasteiger partial charge in [0.05, 0.1) is 18.4 Å². The van der Waals surface area contributed by atoms with Gasteiger partial charge in [-0.05, 0) is 12.1 Å². The highest BCUT2D eigenvalue weighted by atomic mass is 16.2. The van der Waals surface area contributed by atoms with Gasteiger partial charge in [-0.2, -0.15) is 0 Å². The number of nitrogens with two attached hydrogens (primary N) is 1. The molecule has 3 aromatic rings. The first-order valence-corrected chi connectivity index (χ1v) is 5.34. The molecule has 3 aromatic heterocycles. The molecule has 0 radical (unpaired) electrons. The Morgan fingerprint density at radius 1 is 1.33 bits per heavy atom. The molecule has 3 rings (SSSR count). The number of pyridine rings is 1. The zero-order chi connectivity index (χ0) is 12.5. The van der Waals surface area contributed by atoms with Crippen LogP contribution in [0.2, 0.25) is 0 Å². The Morgan fingerprint density at radius 3 is 3.00 bits per heavy atom. The van der Waals surface area contributed by atoms with Crippen molar-refractivity contribution in [3.05, 3.63) is 53.0 Å². The van der Waals surface area contributed by atoms with Gasteiger partial charge in [0.2, 0.25) is 0 Å². The second-order valence-corrected chi connectivity index (χ2v) is 3.80. The number of aromatic nitrogens is 5. The van der Waals surface area contributed by atoms with Crippen LogP contribution in [0, 0.1) is 0 Å². The summed E-state index contributed by atoms with van der Waals surface area (Å²) in [6.07, 6.45) is 4.65. The summed E-state index contributed by atoms with van der Waals surface area (Å²) >= 11 is 0. The molecule has 0 saturated heterocycles. The van der Waals surface area contributed by atoms with Crippen molar-refractivity contribution >= 4 is 11.5 Å². The molecule has 7 heteroatoms. The second kappa shape index (κ2) is 3.95. The van der Waals surface area contributed by atoms with E-state index in [0.717, 1.165) is 0 Å². The summed E-state index contributed by atoms with van der Waals surface area (Å²) in [5, 5.41) is 4.16. The molecule has 0 spiro atoms. The first-order chi connectivity index (χ1) is 8.74. The summed E-state index contributed by atoms with van der Waals surface area (Å²) in [5.41, 5.74) is 6.56. The number of fused-ring (bicyclic) bond motifs is 1. The molecule has 0 unspecified atom stereocenters. The van der Waals surface area contributed by atoms with Crippen LogP contribution in [-0.2, 0) is 6.54 Å². The molecule has 90 valence electrons. The van der Waals surface area contributed by atoms with Crippen LogP contribution in [-0.4, -0.2) is 24.1 Å². The summed E-state index contributed by atoms with van der Waals surface area (Å²) in [6, 6.07) is 5.28. The number of rotatable bonds is 2. The highest BCUT2D eigenvalue weighted by Crippen LogP contribution is 2.02. The van der Waals surface area contributed by atoms with E-state index in [1.54, 1.807) is 30.6 Å². The van der Waals surface area contributed by atoms with Gasteiger partial charge in [-0.15, -0.1) is 5.10 Å². The number of nitrogen functional groups attached to an aromatic ring is 1. The van der Waals surface area contributed by atoms with Gasteiger partial charge in [-0.1, -0.05) is 6.07 Å². The van der Waals surface area contributed by atoms with Crippen LogP contribution in [0.25, 0.3) is 5.65 Å². The van der Waals surface area contributed by atoms with Crippen molar-refractivity contribution in [2.75, 3.05) is 5.73 Å².